The molecule has 0 bridgehead atoms. The van der Waals surface area contributed by atoms with Crippen LogP contribution in [0.3, 0.4) is 0 Å². The van der Waals surface area contributed by atoms with Crippen molar-refractivity contribution >= 4 is 0 Å². The number of hydrogen-bond acceptors (Lipinski definition) is 3. The average molecular weight is 176 g/mol. The third kappa shape index (κ3) is 1.43. The molecule has 0 saturated carbocycles. The fourth-order valence-electron chi connectivity index (χ4n) is 1.55. The number of aromatic nitrogens is 2. The SMILES string of the molecule is CC(C#N)N1CC(n2cccn2)C1. The Morgan fingerprint density at radius 2 is 2.38 bits per heavy atom. The highest BCUT2D eigenvalue weighted by Gasteiger charge is 2.31. The van der Waals surface area contributed by atoms with Crippen LogP contribution in [0, 0.1) is 11.3 Å². The van der Waals surface area contributed by atoms with Crippen molar-refractivity contribution in [3.05, 3.63) is 18.5 Å². The van der Waals surface area contributed by atoms with Crippen LogP contribution in [0.1, 0.15) is 13.0 Å². The van der Waals surface area contributed by atoms with E-state index in [0.29, 0.717) is 6.04 Å². The molecular formula is C9H12N4. The van der Waals surface area contributed by atoms with Crippen LogP contribution < -0.4 is 0 Å². The molecule has 1 saturated heterocycles. The Balaban J connectivity index is 1.89. The minimum absolute atomic E-state index is 0.0341. The first-order valence-electron chi connectivity index (χ1n) is 4.44. The first kappa shape index (κ1) is 8.27. The molecule has 1 unspecified atom stereocenters. The van der Waals surface area contributed by atoms with E-state index in [1.807, 2.05) is 23.9 Å². The van der Waals surface area contributed by atoms with Crippen LogP contribution in [0.25, 0.3) is 0 Å². The smallest absolute Gasteiger partial charge is 0.0950 e. The predicted octanol–water partition coefficient (Wildman–Crippen LogP) is 0.652. The Kier molecular flexibility index (Phi) is 2.03. The van der Waals surface area contributed by atoms with Crippen molar-refractivity contribution in [2.24, 2.45) is 0 Å². The van der Waals surface area contributed by atoms with Gasteiger partial charge < -0.3 is 0 Å². The molecule has 1 aliphatic rings. The van der Waals surface area contributed by atoms with E-state index in [2.05, 4.69) is 16.1 Å². The molecule has 0 spiro atoms. The molecule has 68 valence electrons. The van der Waals surface area contributed by atoms with Crippen molar-refractivity contribution in [3.63, 3.8) is 0 Å². The number of rotatable bonds is 2. The molecule has 1 atom stereocenters. The monoisotopic (exact) mass is 176 g/mol. The molecule has 13 heavy (non-hydrogen) atoms. The van der Waals surface area contributed by atoms with Gasteiger partial charge in [-0.15, -0.1) is 0 Å². The van der Waals surface area contributed by atoms with Gasteiger partial charge in [0.1, 0.15) is 0 Å². The summed E-state index contributed by atoms with van der Waals surface area (Å²) < 4.78 is 1.96. The maximum atomic E-state index is 8.67. The van der Waals surface area contributed by atoms with E-state index in [-0.39, 0.29) is 6.04 Å². The number of hydrogen-bond donors (Lipinski definition) is 0. The quantitative estimate of drug-likeness (QED) is 0.664. The summed E-state index contributed by atoms with van der Waals surface area (Å²) in [6.07, 6.45) is 3.76. The summed E-state index contributed by atoms with van der Waals surface area (Å²) in [5, 5.41) is 12.8. The minimum Gasteiger partial charge on any atom is -0.284 e. The average Bonchev–Trinajstić information content (AvgIpc) is 2.54. The number of nitriles is 1. The second-order valence-corrected chi connectivity index (χ2v) is 3.40. The topological polar surface area (TPSA) is 44.9 Å². The van der Waals surface area contributed by atoms with Crippen molar-refractivity contribution in [3.8, 4) is 6.07 Å². The van der Waals surface area contributed by atoms with Gasteiger partial charge in [-0.3, -0.25) is 9.58 Å². The molecule has 0 aliphatic carbocycles. The van der Waals surface area contributed by atoms with Gasteiger partial charge in [0.05, 0.1) is 18.2 Å². The van der Waals surface area contributed by atoms with E-state index in [9.17, 15) is 0 Å². The molecule has 2 rings (SSSR count). The van der Waals surface area contributed by atoms with Gasteiger partial charge in [-0.1, -0.05) is 0 Å². The Labute approximate surface area is 77.4 Å². The number of nitrogens with zero attached hydrogens (tertiary/aromatic N) is 4. The lowest BCUT2D eigenvalue weighted by molar-refractivity contribution is 0.0809. The molecule has 0 amide bonds. The highest BCUT2D eigenvalue weighted by atomic mass is 15.4. The van der Waals surface area contributed by atoms with E-state index < -0.39 is 0 Å². The molecule has 0 radical (unpaired) electrons. The first-order chi connectivity index (χ1) is 6.31. The largest absolute Gasteiger partial charge is 0.284 e. The molecular weight excluding hydrogens is 164 g/mol. The van der Waals surface area contributed by atoms with Crippen molar-refractivity contribution in [2.75, 3.05) is 13.1 Å². The zero-order valence-corrected chi connectivity index (χ0v) is 7.59. The summed E-state index contributed by atoms with van der Waals surface area (Å²) in [5.74, 6) is 0. The fraction of sp³-hybridized carbons (Fsp3) is 0.556. The van der Waals surface area contributed by atoms with Crippen LogP contribution in [-0.4, -0.2) is 33.8 Å². The molecule has 4 nitrogen and oxygen atoms in total. The molecule has 1 aromatic heterocycles. The van der Waals surface area contributed by atoms with E-state index >= 15 is 0 Å². The Bertz CT molecular complexity index is 305. The van der Waals surface area contributed by atoms with Gasteiger partial charge >= 0.3 is 0 Å². The molecule has 1 aromatic rings. The second kappa shape index (κ2) is 3.19. The zero-order valence-electron chi connectivity index (χ0n) is 7.59. The molecule has 2 heterocycles. The van der Waals surface area contributed by atoms with E-state index in [0.717, 1.165) is 13.1 Å². The van der Waals surface area contributed by atoms with Crippen molar-refractivity contribution in [1.29, 1.82) is 5.26 Å². The van der Waals surface area contributed by atoms with Crippen LogP contribution in [0.4, 0.5) is 0 Å². The summed E-state index contributed by atoms with van der Waals surface area (Å²) in [6, 6.07) is 4.65. The summed E-state index contributed by atoms with van der Waals surface area (Å²) in [5.41, 5.74) is 0. The molecule has 1 aliphatic heterocycles. The van der Waals surface area contributed by atoms with Crippen LogP contribution in [0.15, 0.2) is 18.5 Å². The lowest BCUT2D eigenvalue weighted by atomic mass is 10.1. The standard InChI is InChI=1S/C9H12N4/c1-8(5-10)12-6-9(7-12)13-4-2-3-11-13/h2-4,8-9H,6-7H2,1H3. The Hall–Kier alpha value is -1.34. The van der Waals surface area contributed by atoms with E-state index in [1.54, 1.807) is 6.20 Å². The molecule has 1 fully saturated rings. The third-order valence-corrected chi connectivity index (χ3v) is 2.52. The highest BCUT2D eigenvalue weighted by molar-refractivity contribution is 4.97. The summed E-state index contributed by atoms with van der Waals surface area (Å²) in [7, 11) is 0. The fourth-order valence-corrected chi connectivity index (χ4v) is 1.55. The summed E-state index contributed by atoms with van der Waals surface area (Å²) in [4.78, 5) is 2.15. The first-order valence-corrected chi connectivity index (χ1v) is 4.44. The van der Waals surface area contributed by atoms with Crippen molar-refractivity contribution in [1.82, 2.24) is 14.7 Å². The molecule has 4 heteroatoms. The van der Waals surface area contributed by atoms with Gasteiger partial charge in [0, 0.05) is 25.5 Å². The van der Waals surface area contributed by atoms with Crippen LogP contribution >= 0.6 is 0 Å². The maximum absolute atomic E-state index is 8.67. The minimum atomic E-state index is 0.0341. The Morgan fingerprint density at radius 3 is 2.92 bits per heavy atom. The van der Waals surface area contributed by atoms with Gasteiger partial charge in [-0.05, 0) is 13.0 Å². The lowest BCUT2D eigenvalue weighted by Crippen LogP contribution is -2.51. The summed E-state index contributed by atoms with van der Waals surface area (Å²) >= 11 is 0. The molecule has 0 N–H and O–H groups in total. The lowest BCUT2D eigenvalue weighted by Gasteiger charge is -2.40. The van der Waals surface area contributed by atoms with E-state index in [1.165, 1.54) is 0 Å². The highest BCUT2D eigenvalue weighted by Crippen LogP contribution is 2.21. The number of likely N-dealkylation sites (tertiary alicyclic amines) is 1. The Morgan fingerprint density at radius 1 is 1.62 bits per heavy atom. The summed E-state index contributed by atoms with van der Waals surface area (Å²) in [6.45, 7) is 3.81. The van der Waals surface area contributed by atoms with Crippen LogP contribution in [-0.2, 0) is 0 Å². The van der Waals surface area contributed by atoms with Gasteiger partial charge in [0.2, 0.25) is 0 Å². The van der Waals surface area contributed by atoms with Gasteiger partial charge in [-0.2, -0.15) is 10.4 Å². The predicted molar refractivity (Wildman–Crippen MR) is 47.9 cm³/mol. The third-order valence-electron chi connectivity index (χ3n) is 2.52. The van der Waals surface area contributed by atoms with E-state index in [4.69, 9.17) is 5.26 Å². The van der Waals surface area contributed by atoms with Crippen LogP contribution in [0.5, 0.6) is 0 Å². The normalized spacial score (nSPS) is 20.6. The van der Waals surface area contributed by atoms with Crippen molar-refractivity contribution < 1.29 is 0 Å². The van der Waals surface area contributed by atoms with Gasteiger partial charge in [-0.25, -0.2) is 0 Å². The van der Waals surface area contributed by atoms with Crippen molar-refractivity contribution in [2.45, 2.75) is 19.0 Å². The zero-order chi connectivity index (χ0) is 9.26. The van der Waals surface area contributed by atoms with Gasteiger partial charge in [0.25, 0.3) is 0 Å². The second-order valence-electron chi connectivity index (χ2n) is 3.40. The molecule has 0 aromatic carbocycles. The maximum Gasteiger partial charge on any atom is 0.0950 e. The van der Waals surface area contributed by atoms with Gasteiger partial charge in [0.15, 0.2) is 0 Å². The van der Waals surface area contributed by atoms with Crippen LogP contribution in [0.2, 0.25) is 0 Å².